The van der Waals surface area contributed by atoms with E-state index in [1.54, 1.807) is 21.9 Å². The topological polar surface area (TPSA) is 22.9 Å². The highest BCUT2D eigenvalue weighted by molar-refractivity contribution is 7.28. The molecule has 52 heavy (non-hydrogen) atoms. The fourth-order valence-electron chi connectivity index (χ4n) is 7.77. The molecule has 9 aromatic rings. The van der Waals surface area contributed by atoms with Gasteiger partial charge in [0.05, 0.1) is 18.4 Å². The predicted molar refractivity (Wildman–Crippen MR) is 220 cm³/mol. The number of hydrogen-bond acceptors (Lipinski definition) is 5. The van der Waals surface area contributed by atoms with Crippen molar-refractivity contribution in [2.75, 3.05) is 14.7 Å². The van der Waals surface area contributed by atoms with E-state index in [2.05, 4.69) is 4.90 Å². The number of fused-ring (bicyclic) bond motifs is 8. The minimum absolute atomic E-state index is 0.0634. The quantitative estimate of drug-likeness (QED) is 0.167. The zero-order valence-electron chi connectivity index (χ0n) is 37.3. The molecular weight excluding hydrogens is 653 g/mol. The van der Waals surface area contributed by atoms with Gasteiger partial charge in [0, 0.05) is 61.0 Å². The highest BCUT2D eigenvalue weighted by Crippen LogP contribution is 2.48. The minimum Gasteiger partial charge on any atom is -0.439 e. The molecule has 0 fully saturated rings. The van der Waals surface area contributed by atoms with Crippen LogP contribution in [0.2, 0.25) is 0 Å². The Balaban J connectivity index is 1.28. The van der Waals surface area contributed by atoms with E-state index in [9.17, 15) is 5.48 Å². The van der Waals surface area contributed by atoms with Crippen molar-refractivity contribution in [3.8, 4) is 0 Å². The van der Waals surface area contributed by atoms with Crippen LogP contribution in [0.25, 0.3) is 20.4 Å². The van der Waals surface area contributed by atoms with Gasteiger partial charge in [-0.1, -0.05) is 96.9 Å². The van der Waals surface area contributed by atoms with Gasteiger partial charge in [0.15, 0.2) is 5.58 Å². The standard InChI is InChI=1S/C46H30BN3OS/c1-5-16-31(17-6-1)48(32-18-7-2-8-19-32)35-28-29-37-40(30-35)49(33-20-9-3-10-21-33)38-25-15-26-39-42(38)47(37)43-45-44(36-24-13-14-27-41(36)52-45)51-46(43)50(39)34-22-11-4-12-23-34/h1-30H/i3D,4D,9D,10D,11D,12D,20D,21D,22D,23D. The van der Waals surface area contributed by atoms with Crippen molar-refractivity contribution in [1.82, 2.24) is 0 Å². The Bertz CT molecular complexity index is 3270. The Morgan fingerprint density at radius 2 is 1.17 bits per heavy atom. The maximum Gasteiger partial charge on any atom is 0.258 e. The van der Waals surface area contributed by atoms with Gasteiger partial charge >= 0.3 is 0 Å². The second-order valence-electron chi connectivity index (χ2n) is 12.6. The summed E-state index contributed by atoms with van der Waals surface area (Å²) in [5.74, 6) is 0.298. The van der Waals surface area contributed by atoms with Crippen molar-refractivity contribution < 1.29 is 18.1 Å². The first-order valence-corrected chi connectivity index (χ1v) is 17.6. The summed E-state index contributed by atoms with van der Waals surface area (Å²) < 4.78 is 97.7. The number of anilines is 9. The molecule has 0 N–H and O–H groups in total. The predicted octanol–water partition coefficient (Wildman–Crippen LogP) is 11.2. The van der Waals surface area contributed by atoms with Crippen molar-refractivity contribution in [1.29, 1.82) is 0 Å². The highest BCUT2D eigenvalue weighted by atomic mass is 32.1. The van der Waals surface area contributed by atoms with Crippen molar-refractivity contribution in [2.24, 2.45) is 0 Å². The van der Waals surface area contributed by atoms with E-state index >= 15 is 0 Å². The van der Waals surface area contributed by atoms with Crippen molar-refractivity contribution in [3.05, 3.63) is 182 Å². The van der Waals surface area contributed by atoms with Crippen LogP contribution in [-0.2, 0) is 0 Å². The summed E-state index contributed by atoms with van der Waals surface area (Å²) in [6.07, 6.45) is 0. The molecule has 244 valence electrons. The monoisotopic (exact) mass is 693 g/mol. The second-order valence-corrected chi connectivity index (χ2v) is 13.6. The number of furan rings is 1. The van der Waals surface area contributed by atoms with Crippen molar-refractivity contribution in [2.45, 2.75) is 0 Å². The van der Waals surface area contributed by atoms with Crippen LogP contribution < -0.4 is 31.1 Å². The third kappa shape index (κ3) is 4.28. The molecule has 11 rings (SSSR count). The molecule has 0 amide bonds. The van der Waals surface area contributed by atoms with Gasteiger partial charge < -0.3 is 14.2 Å². The molecule has 0 atom stereocenters. The van der Waals surface area contributed by atoms with Gasteiger partial charge in [-0.3, -0.25) is 4.90 Å². The lowest BCUT2D eigenvalue weighted by molar-refractivity contribution is 0.626. The Morgan fingerprint density at radius 1 is 0.558 bits per heavy atom. The second kappa shape index (κ2) is 11.5. The summed E-state index contributed by atoms with van der Waals surface area (Å²) in [6.45, 7) is -0.585. The number of benzene rings is 7. The molecule has 0 spiro atoms. The molecule has 2 aliphatic rings. The van der Waals surface area contributed by atoms with Crippen LogP contribution in [0.5, 0.6) is 0 Å². The van der Waals surface area contributed by atoms with Crippen LogP contribution in [-0.4, -0.2) is 6.71 Å². The Labute approximate surface area is 320 Å². The molecule has 0 aliphatic carbocycles. The number of rotatable bonds is 5. The SMILES string of the molecule is [2H]c1c([2H])c([2H])c(N2c3cc(N(c4ccccc4)c4ccccc4)ccc3B3c4c2cccc4N(c2c([2H])c([2H])c([2H])c([2H])c2[2H])c2oc4c(sc5ccccc54)c23)c([2H])c1[2H]. The van der Waals surface area contributed by atoms with E-state index in [4.69, 9.17) is 12.6 Å². The van der Waals surface area contributed by atoms with Gasteiger partial charge in [-0.25, -0.2) is 0 Å². The Hall–Kier alpha value is -6.50. The lowest BCUT2D eigenvalue weighted by Gasteiger charge is -2.42. The smallest absolute Gasteiger partial charge is 0.258 e. The average Bonchev–Trinajstić information content (AvgIpc) is 3.85. The minimum atomic E-state index is -0.585. The molecule has 0 unspecified atom stereocenters. The molecule has 4 heterocycles. The number of para-hydroxylation sites is 4. The molecule has 0 bridgehead atoms. The van der Waals surface area contributed by atoms with Gasteiger partial charge in [0.2, 0.25) is 5.88 Å². The molecule has 7 aromatic carbocycles. The van der Waals surface area contributed by atoms with Gasteiger partial charge in [-0.2, -0.15) is 0 Å². The molecule has 6 heteroatoms. The van der Waals surface area contributed by atoms with Crippen LogP contribution in [0.1, 0.15) is 13.7 Å². The first-order valence-electron chi connectivity index (χ1n) is 21.8. The molecular formula is C46H30BN3OS. The largest absolute Gasteiger partial charge is 0.439 e. The maximum atomic E-state index is 9.33. The maximum absolute atomic E-state index is 9.33. The fraction of sp³-hybridized carbons (Fsp3) is 0. The Morgan fingerprint density at radius 3 is 1.87 bits per heavy atom. The summed E-state index contributed by atoms with van der Waals surface area (Å²) in [5.41, 5.74) is 6.51. The van der Waals surface area contributed by atoms with Crippen LogP contribution >= 0.6 is 11.3 Å². The summed E-state index contributed by atoms with van der Waals surface area (Å²) in [4.78, 5) is 5.41. The van der Waals surface area contributed by atoms with Crippen LogP contribution in [0.3, 0.4) is 0 Å². The molecule has 2 aromatic heterocycles. The average molecular weight is 694 g/mol. The van der Waals surface area contributed by atoms with E-state index in [0.717, 1.165) is 37.3 Å². The summed E-state index contributed by atoms with van der Waals surface area (Å²) in [6, 6.07) is 34.3. The van der Waals surface area contributed by atoms with E-state index in [0.29, 0.717) is 39.5 Å². The van der Waals surface area contributed by atoms with Crippen molar-refractivity contribution >= 4 is 106 Å². The molecule has 0 saturated heterocycles. The van der Waals surface area contributed by atoms with E-state index in [-0.39, 0.29) is 11.4 Å². The zero-order chi connectivity index (χ0) is 42.9. The number of hydrogen-bond donors (Lipinski definition) is 0. The van der Waals surface area contributed by atoms with Crippen LogP contribution in [0.15, 0.2) is 186 Å². The first kappa shape index (κ1) is 21.0. The van der Waals surface area contributed by atoms with Crippen molar-refractivity contribution in [3.63, 3.8) is 0 Å². The lowest BCUT2D eigenvalue weighted by atomic mass is 9.34. The molecule has 4 nitrogen and oxygen atoms in total. The number of nitrogens with zero attached hydrogens (tertiary/aromatic N) is 3. The summed E-state index contributed by atoms with van der Waals surface area (Å²) in [7, 11) is 0. The normalized spacial score (nSPS) is 15.6. The van der Waals surface area contributed by atoms with Gasteiger partial charge in [0.1, 0.15) is 0 Å². The first-order chi connectivity index (χ1) is 30.0. The van der Waals surface area contributed by atoms with Gasteiger partial charge in [0.25, 0.3) is 6.71 Å². The zero-order valence-corrected chi connectivity index (χ0v) is 28.1. The van der Waals surface area contributed by atoms with E-state index in [1.165, 1.54) is 11.3 Å². The third-order valence-electron chi connectivity index (χ3n) is 9.82. The fourth-order valence-corrected chi connectivity index (χ4v) is 8.97. The molecule has 0 saturated carbocycles. The molecule has 2 aliphatic heterocycles. The van der Waals surface area contributed by atoms with E-state index in [1.807, 2.05) is 109 Å². The lowest BCUT2D eigenvalue weighted by Crippen LogP contribution is -2.61. The summed E-state index contributed by atoms with van der Waals surface area (Å²) >= 11 is 1.54. The number of thiophene rings is 1. The van der Waals surface area contributed by atoms with Crippen LogP contribution in [0, 0.1) is 0 Å². The van der Waals surface area contributed by atoms with Gasteiger partial charge in [-0.05, 0) is 95.8 Å². The van der Waals surface area contributed by atoms with Gasteiger partial charge in [-0.15, -0.1) is 11.3 Å². The van der Waals surface area contributed by atoms with E-state index < -0.39 is 67.1 Å². The van der Waals surface area contributed by atoms with Crippen LogP contribution in [0.4, 0.5) is 51.4 Å². The highest BCUT2D eigenvalue weighted by Gasteiger charge is 2.46. The summed E-state index contributed by atoms with van der Waals surface area (Å²) in [5, 5.41) is 0.862. The molecule has 0 radical (unpaired) electrons. The third-order valence-corrected chi connectivity index (χ3v) is 11.0. The Kier molecular flexibility index (Phi) is 4.65.